The largest absolute Gasteiger partial charge is 0.483 e. The summed E-state index contributed by atoms with van der Waals surface area (Å²) in [5.41, 5.74) is 0.601. The fourth-order valence-corrected chi connectivity index (χ4v) is 2.88. The number of ether oxygens (including phenoxy) is 1. The first-order chi connectivity index (χ1) is 14.5. The van der Waals surface area contributed by atoms with Gasteiger partial charge in [-0.15, -0.1) is 0 Å². The van der Waals surface area contributed by atoms with E-state index in [0.29, 0.717) is 12.0 Å². The van der Waals surface area contributed by atoms with Gasteiger partial charge < -0.3 is 14.7 Å². The minimum Gasteiger partial charge on any atom is -0.483 e. The van der Waals surface area contributed by atoms with Crippen LogP contribution in [0.4, 0.5) is 4.39 Å². The van der Waals surface area contributed by atoms with Crippen molar-refractivity contribution in [3.8, 4) is 5.75 Å². The molecule has 0 saturated heterocycles. The zero-order valence-electron chi connectivity index (χ0n) is 16.5. The highest BCUT2D eigenvalue weighted by Crippen LogP contribution is 2.28. The van der Waals surface area contributed by atoms with E-state index >= 15 is 0 Å². The lowest BCUT2D eigenvalue weighted by Crippen LogP contribution is -2.27. The molecule has 0 aliphatic heterocycles. The highest BCUT2D eigenvalue weighted by molar-refractivity contribution is 5.69. The molecular weight excluding hydrogens is 389 g/mol. The number of hydrogen-bond acceptors (Lipinski definition) is 5. The van der Waals surface area contributed by atoms with E-state index in [9.17, 15) is 19.1 Å². The number of aliphatic hydroxyl groups excluding tert-OH is 1. The van der Waals surface area contributed by atoms with Crippen molar-refractivity contribution in [3.63, 3.8) is 0 Å². The van der Waals surface area contributed by atoms with Gasteiger partial charge in [-0.2, -0.15) is 4.73 Å². The number of nitrogens with zero attached hydrogens (tertiary/aromatic N) is 1. The average Bonchev–Trinajstić information content (AvgIpc) is 2.75. The van der Waals surface area contributed by atoms with Crippen LogP contribution in [-0.2, 0) is 11.4 Å². The molecule has 7 heteroatoms. The van der Waals surface area contributed by atoms with Crippen LogP contribution in [0.3, 0.4) is 0 Å². The van der Waals surface area contributed by atoms with Gasteiger partial charge in [-0.25, -0.2) is 9.18 Å². The van der Waals surface area contributed by atoms with E-state index in [4.69, 9.17) is 9.57 Å². The standard InChI is InChI=1S/C23H22FNO5/c1-2-6-20(27)30-25-14-13-19(26)23(29-15-16-7-4-3-5-8-16)21(25)22(28)17-9-11-18(24)12-10-17/h3-5,7-14,22,28H,2,6,15H2,1H3. The molecule has 0 amide bonds. The fraction of sp³-hybridized carbons (Fsp3) is 0.217. The molecule has 1 atom stereocenters. The minimum atomic E-state index is -1.39. The summed E-state index contributed by atoms with van der Waals surface area (Å²) in [4.78, 5) is 29.9. The SMILES string of the molecule is CCCC(=O)On1ccc(=O)c(OCc2ccccc2)c1C(O)c1ccc(F)cc1. The Morgan fingerprint density at radius 1 is 1.10 bits per heavy atom. The summed E-state index contributed by atoms with van der Waals surface area (Å²) in [6.07, 6.45) is 0.609. The lowest BCUT2D eigenvalue weighted by Gasteiger charge is -2.21. The Kier molecular flexibility index (Phi) is 6.98. The molecule has 0 aliphatic carbocycles. The maximum Gasteiger partial charge on any atom is 0.332 e. The molecule has 30 heavy (non-hydrogen) atoms. The molecule has 1 aromatic heterocycles. The van der Waals surface area contributed by atoms with Crippen molar-refractivity contribution >= 4 is 5.97 Å². The van der Waals surface area contributed by atoms with Crippen molar-refractivity contribution in [1.29, 1.82) is 0 Å². The quantitative estimate of drug-likeness (QED) is 0.615. The first-order valence-electron chi connectivity index (χ1n) is 9.56. The molecule has 1 N–H and O–H groups in total. The first-order valence-corrected chi connectivity index (χ1v) is 9.56. The second kappa shape index (κ2) is 9.84. The number of aromatic nitrogens is 1. The third-order valence-electron chi connectivity index (χ3n) is 4.38. The minimum absolute atomic E-state index is 0.0468. The van der Waals surface area contributed by atoms with E-state index in [1.165, 1.54) is 36.5 Å². The van der Waals surface area contributed by atoms with Gasteiger partial charge in [0.15, 0.2) is 5.75 Å². The number of rotatable bonds is 8. The van der Waals surface area contributed by atoms with Gasteiger partial charge in [0.2, 0.25) is 5.43 Å². The molecule has 1 unspecified atom stereocenters. The Hall–Kier alpha value is -3.45. The molecule has 0 aliphatic rings. The molecule has 0 bridgehead atoms. The first kappa shape index (κ1) is 21.3. The Morgan fingerprint density at radius 2 is 1.80 bits per heavy atom. The summed E-state index contributed by atoms with van der Waals surface area (Å²) >= 11 is 0. The average molecular weight is 411 g/mol. The maximum absolute atomic E-state index is 13.3. The van der Waals surface area contributed by atoms with Gasteiger partial charge in [-0.05, 0) is 29.7 Å². The van der Waals surface area contributed by atoms with E-state index in [1.54, 1.807) is 0 Å². The van der Waals surface area contributed by atoms with E-state index in [0.717, 1.165) is 10.3 Å². The van der Waals surface area contributed by atoms with Gasteiger partial charge in [-0.1, -0.05) is 49.4 Å². The number of halogens is 1. The third kappa shape index (κ3) is 5.12. The molecule has 0 fully saturated rings. The Morgan fingerprint density at radius 3 is 2.47 bits per heavy atom. The van der Waals surface area contributed by atoms with Crippen LogP contribution in [0, 0.1) is 5.82 Å². The Balaban J connectivity index is 2.03. The Bertz CT molecular complexity index is 1050. The van der Waals surface area contributed by atoms with Crippen LogP contribution in [0.1, 0.15) is 42.7 Å². The van der Waals surface area contributed by atoms with Gasteiger partial charge in [0.1, 0.15) is 24.2 Å². The lowest BCUT2D eigenvalue weighted by atomic mass is 10.1. The number of pyridine rings is 1. The molecule has 0 spiro atoms. The van der Waals surface area contributed by atoms with E-state index in [2.05, 4.69) is 0 Å². The molecule has 3 aromatic rings. The summed E-state index contributed by atoms with van der Waals surface area (Å²) in [6.45, 7) is 1.90. The lowest BCUT2D eigenvalue weighted by molar-refractivity contribution is -0.144. The summed E-state index contributed by atoms with van der Waals surface area (Å²) in [7, 11) is 0. The van der Waals surface area contributed by atoms with E-state index in [1.807, 2.05) is 37.3 Å². The van der Waals surface area contributed by atoms with Crippen LogP contribution in [0.2, 0.25) is 0 Å². The van der Waals surface area contributed by atoms with Crippen LogP contribution in [0.15, 0.2) is 71.7 Å². The maximum atomic E-state index is 13.3. The number of carbonyl (C=O) groups excluding carboxylic acids is 1. The monoisotopic (exact) mass is 411 g/mol. The second-order valence-corrected chi connectivity index (χ2v) is 6.66. The highest BCUT2D eigenvalue weighted by Gasteiger charge is 2.24. The molecule has 156 valence electrons. The topological polar surface area (TPSA) is 77.8 Å². The van der Waals surface area contributed by atoms with Gasteiger partial charge in [0, 0.05) is 18.7 Å². The summed E-state index contributed by atoms with van der Waals surface area (Å²) in [5.74, 6) is -1.14. The van der Waals surface area contributed by atoms with Crippen molar-refractivity contribution in [3.05, 3.63) is 99.7 Å². The summed E-state index contributed by atoms with van der Waals surface area (Å²) < 4.78 is 20.1. The van der Waals surface area contributed by atoms with Crippen LogP contribution < -0.4 is 15.0 Å². The molecule has 0 radical (unpaired) electrons. The number of benzene rings is 2. The zero-order chi connectivity index (χ0) is 21.5. The van der Waals surface area contributed by atoms with Crippen molar-refractivity contribution in [2.24, 2.45) is 0 Å². The van der Waals surface area contributed by atoms with Crippen molar-refractivity contribution in [2.45, 2.75) is 32.5 Å². The normalized spacial score (nSPS) is 11.7. The van der Waals surface area contributed by atoms with Crippen LogP contribution in [0.5, 0.6) is 5.75 Å². The fourth-order valence-electron chi connectivity index (χ4n) is 2.88. The molecule has 1 heterocycles. The predicted molar refractivity (Wildman–Crippen MR) is 108 cm³/mol. The molecule has 0 saturated carbocycles. The van der Waals surface area contributed by atoms with Gasteiger partial charge in [0.25, 0.3) is 0 Å². The van der Waals surface area contributed by atoms with E-state index in [-0.39, 0.29) is 24.5 Å². The third-order valence-corrected chi connectivity index (χ3v) is 4.38. The smallest absolute Gasteiger partial charge is 0.332 e. The van der Waals surface area contributed by atoms with Crippen LogP contribution in [0.25, 0.3) is 0 Å². The molecular formula is C23H22FNO5. The van der Waals surface area contributed by atoms with Crippen LogP contribution >= 0.6 is 0 Å². The van der Waals surface area contributed by atoms with Crippen molar-refractivity contribution in [2.75, 3.05) is 0 Å². The molecule has 2 aromatic carbocycles. The highest BCUT2D eigenvalue weighted by atomic mass is 19.1. The van der Waals surface area contributed by atoms with Crippen molar-refractivity contribution in [1.82, 2.24) is 4.73 Å². The zero-order valence-corrected chi connectivity index (χ0v) is 16.5. The number of aliphatic hydroxyl groups is 1. The van der Waals surface area contributed by atoms with Crippen molar-refractivity contribution < 1.29 is 23.9 Å². The van der Waals surface area contributed by atoms with E-state index < -0.39 is 23.3 Å². The van der Waals surface area contributed by atoms with Gasteiger partial charge >= 0.3 is 5.97 Å². The van der Waals surface area contributed by atoms with Gasteiger partial charge in [-0.3, -0.25) is 4.79 Å². The molecule has 3 rings (SSSR count). The second-order valence-electron chi connectivity index (χ2n) is 6.66. The van der Waals surface area contributed by atoms with Crippen LogP contribution in [-0.4, -0.2) is 15.8 Å². The number of carbonyl (C=O) groups is 1. The predicted octanol–water partition coefficient (Wildman–Crippen LogP) is 3.40. The summed E-state index contributed by atoms with van der Waals surface area (Å²) in [6, 6.07) is 15.5. The number of hydrogen-bond donors (Lipinski definition) is 1. The summed E-state index contributed by atoms with van der Waals surface area (Å²) in [5, 5.41) is 11.0. The molecule has 6 nitrogen and oxygen atoms in total. The Labute approximate surface area is 173 Å². The van der Waals surface area contributed by atoms with Gasteiger partial charge in [0.05, 0.1) is 0 Å².